The van der Waals surface area contributed by atoms with Crippen molar-refractivity contribution in [3.05, 3.63) is 65.5 Å². The van der Waals surface area contributed by atoms with Crippen LogP contribution in [0.15, 0.2) is 48.5 Å². The first-order valence-electron chi connectivity index (χ1n) is 10.7. The van der Waals surface area contributed by atoms with E-state index in [1.165, 1.54) is 5.56 Å². The molecule has 4 rings (SSSR count). The molecule has 162 valence electrons. The van der Waals surface area contributed by atoms with Gasteiger partial charge in [-0.3, -0.25) is 4.79 Å². The molecule has 1 aliphatic rings. The number of carbonyl (C=O) groups excluding carboxylic acids is 1. The normalized spacial score (nSPS) is 13.4. The lowest BCUT2D eigenvalue weighted by Gasteiger charge is -2.11. The van der Waals surface area contributed by atoms with E-state index in [2.05, 4.69) is 20.5 Å². The number of aromatic nitrogens is 3. The number of hydrogen-bond donors (Lipinski definition) is 1. The summed E-state index contributed by atoms with van der Waals surface area (Å²) in [6.45, 7) is 3.70. The number of rotatable bonds is 9. The van der Waals surface area contributed by atoms with E-state index in [0.717, 1.165) is 42.9 Å². The Morgan fingerprint density at radius 3 is 2.48 bits per heavy atom. The molecule has 1 saturated carbocycles. The van der Waals surface area contributed by atoms with Crippen molar-refractivity contribution < 1.29 is 9.53 Å². The van der Waals surface area contributed by atoms with E-state index in [1.807, 2.05) is 69.6 Å². The van der Waals surface area contributed by atoms with Crippen LogP contribution in [0.1, 0.15) is 46.9 Å². The monoisotopic (exact) mass is 419 g/mol. The van der Waals surface area contributed by atoms with Crippen LogP contribution < -0.4 is 10.1 Å². The third-order valence-corrected chi connectivity index (χ3v) is 5.29. The van der Waals surface area contributed by atoms with Crippen molar-refractivity contribution in [1.82, 2.24) is 19.9 Å². The number of aryl methyl sites for hydroxylation is 1. The molecule has 0 saturated heterocycles. The van der Waals surface area contributed by atoms with Crippen molar-refractivity contribution in [3.63, 3.8) is 0 Å². The molecule has 0 radical (unpaired) electrons. The molecule has 1 N–H and O–H groups in total. The molecule has 3 aromatic rings. The van der Waals surface area contributed by atoms with Gasteiger partial charge >= 0.3 is 0 Å². The molecule has 1 fully saturated rings. The van der Waals surface area contributed by atoms with Gasteiger partial charge in [0, 0.05) is 18.2 Å². The second kappa shape index (κ2) is 9.31. The summed E-state index contributed by atoms with van der Waals surface area (Å²) < 4.78 is 7.56. The average molecular weight is 420 g/mol. The Kier molecular flexibility index (Phi) is 6.32. The molecule has 31 heavy (non-hydrogen) atoms. The number of ether oxygens (including phenoxy) is 1. The molecule has 2 aromatic carbocycles. The smallest absolute Gasteiger partial charge is 0.278 e. The van der Waals surface area contributed by atoms with Gasteiger partial charge in [-0.15, -0.1) is 5.10 Å². The summed E-state index contributed by atoms with van der Waals surface area (Å²) in [7, 11) is 4.09. The van der Waals surface area contributed by atoms with Crippen LogP contribution in [0, 0.1) is 6.92 Å². The number of hydrogen-bond acceptors (Lipinski definition) is 5. The Hall–Kier alpha value is -3.19. The van der Waals surface area contributed by atoms with Crippen LogP contribution in [0.2, 0.25) is 0 Å². The quantitative estimate of drug-likeness (QED) is 0.530. The molecule has 7 nitrogen and oxygen atoms in total. The summed E-state index contributed by atoms with van der Waals surface area (Å²) in [5.74, 6) is 0.885. The van der Waals surface area contributed by atoms with Crippen LogP contribution in [0.4, 0.5) is 5.69 Å². The molecule has 0 spiro atoms. The minimum Gasteiger partial charge on any atom is -0.494 e. The topological polar surface area (TPSA) is 72.3 Å². The SMILES string of the molecule is Cc1ccc(-n2nnc(C(=O)Nc3ccc(OCCCN(C)C)cc3)c2C2CC2)cc1. The Morgan fingerprint density at radius 1 is 1.13 bits per heavy atom. The fourth-order valence-electron chi connectivity index (χ4n) is 3.45. The number of benzene rings is 2. The summed E-state index contributed by atoms with van der Waals surface area (Å²) in [6.07, 6.45) is 3.07. The molecule has 0 unspecified atom stereocenters. The summed E-state index contributed by atoms with van der Waals surface area (Å²) in [6, 6.07) is 15.5. The van der Waals surface area contributed by atoms with Gasteiger partial charge in [-0.25, -0.2) is 4.68 Å². The summed E-state index contributed by atoms with van der Waals surface area (Å²) in [5, 5.41) is 11.5. The molecular weight excluding hydrogens is 390 g/mol. The van der Waals surface area contributed by atoms with Crippen molar-refractivity contribution in [1.29, 1.82) is 0 Å². The Morgan fingerprint density at radius 2 is 1.84 bits per heavy atom. The van der Waals surface area contributed by atoms with Gasteiger partial charge in [0.25, 0.3) is 5.91 Å². The number of nitrogens with one attached hydrogen (secondary N) is 1. The molecule has 1 heterocycles. The molecule has 1 aliphatic carbocycles. The first-order valence-corrected chi connectivity index (χ1v) is 10.7. The molecule has 1 amide bonds. The van der Waals surface area contributed by atoms with E-state index >= 15 is 0 Å². The highest BCUT2D eigenvalue weighted by Gasteiger charge is 2.34. The number of nitrogens with zero attached hydrogens (tertiary/aromatic N) is 4. The van der Waals surface area contributed by atoms with Crippen molar-refractivity contribution in [2.24, 2.45) is 0 Å². The predicted molar refractivity (Wildman–Crippen MR) is 121 cm³/mol. The minimum absolute atomic E-state index is 0.236. The van der Waals surface area contributed by atoms with Crippen LogP contribution in [-0.2, 0) is 0 Å². The fraction of sp³-hybridized carbons (Fsp3) is 0.375. The number of anilines is 1. The van der Waals surface area contributed by atoms with Gasteiger partial charge in [0.15, 0.2) is 5.69 Å². The molecule has 7 heteroatoms. The highest BCUT2D eigenvalue weighted by Crippen LogP contribution is 2.42. The van der Waals surface area contributed by atoms with Crippen LogP contribution in [0.3, 0.4) is 0 Å². The van der Waals surface area contributed by atoms with Gasteiger partial charge in [-0.2, -0.15) is 0 Å². The third-order valence-electron chi connectivity index (χ3n) is 5.29. The first-order chi connectivity index (χ1) is 15.0. The van der Waals surface area contributed by atoms with Gasteiger partial charge in [-0.1, -0.05) is 22.9 Å². The standard InChI is InChI=1S/C24H29N5O2/c1-17-5-11-20(12-6-17)29-23(18-7-8-18)22(26-27-29)24(30)25-19-9-13-21(14-10-19)31-16-4-15-28(2)3/h5-6,9-14,18H,4,7-8,15-16H2,1-3H3,(H,25,30). The number of amides is 1. The van der Waals surface area contributed by atoms with Gasteiger partial charge in [0.1, 0.15) is 5.75 Å². The summed E-state index contributed by atoms with van der Waals surface area (Å²) >= 11 is 0. The van der Waals surface area contributed by atoms with Crippen molar-refractivity contribution in [3.8, 4) is 11.4 Å². The summed E-state index contributed by atoms with van der Waals surface area (Å²) in [5.41, 5.74) is 4.10. The van der Waals surface area contributed by atoms with Crippen LogP contribution >= 0.6 is 0 Å². The van der Waals surface area contributed by atoms with Gasteiger partial charge in [0.2, 0.25) is 0 Å². The maximum Gasteiger partial charge on any atom is 0.278 e. The van der Waals surface area contributed by atoms with E-state index in [1.54, 1.807) is 4.68 Å². The highest BCUT2D eigenvalue weighted by atomic mass is 16.5. The fourth-order valence-corrected chi connectivity index (χ4v) is 3.45. The largest absolute Gasteiger partial charge is 0.494 e. The van der Waals surface area contributed by atoms with E-state index < -0.39 is 0 Å². The lowest BCUT2D eigenvalue weighted by Crippen LogP contribution is -2.16. The predicted octanol–water partition coefficient (Wildman–Crippen LogP) is 4.04. The van der Waals surface area contributed by atoms with Crippen molar-refractivity contribution >= 4 is 11.6 Å². The molecule has 0 aliphatic heterocycles. The van der Waals surface area contributed by atoms with Crippen LogP contribution in [0.5, 0.6) is 5.75 Å². The zero-order chi connectivity index (χ0) is 21.8. The zero-order valence-corrected chi connectivity index (χ0v) is 18.3. The molecular formula is C24H29N5O2. The zero-order valence-electron chi connectivity index (χ0n) is 18.3. The van der Waals surface area contributed by atoms with Crippen LogP contribution in [-0.4, -0.2) is 53.0 Å². The second-order valence-corrected chi connectivity index (χ2v) is 8.33. The van der Waals surface area contributed by atoms with Crippen molar-refractivity contribution in [2.45, 2.75) is 32.1 Å². The first kappa shape index (κ1) is 21.1. The number of carbonyl (C=O) groups is 1. The van der Waals surface area contributed by atoms with E-state index in [-0.39, 0.29) is 5.91 Å². The van der Waals surface area contributed by atoms with E-state index in [9.17, 15) is 4.79 Å². The van der Waals surface area contributed by atoms with Crippen molar-refractivity contribution in [2.75, 3.05) is 32.6 Å². The maximum atomic E-state index is 13.0. The second-order valence-electron chi connectivity index (χ2n) is 8.33. The molecule has 0 bridgehead atoms. The maximum absolute atomic E-state index is 13.0. The van der Waals surface area contributed by atoms with Gasteiger partial charge in [0.05, 0.1) is 18.0 Å². The lowest BCUT2D eigenvalue weighted by molar-refractivity contribution is 0.102. The lowest BCUT2D eigenvalue weighted by atomic mass is 10.2. The minimum atomic E-state index is -0.236. The Labute approximate surface area is 183 Å². The van der Waals surface area contributed by atoms with Crippen LogP contribution in [0.25, 0.3) is 5.69 Å². The Bertz CT molecular complexity index is 1020. The van der Waals surface area contributed by atoms with E-state index in [4.69, 9.17) is 4.74 Å². The molecule has 1 aromatic heterocycles. The van der Waals surface area contributed by atoms with Gasteiger partial charge in [-0.05, 0) is 76.7 Å². The Balaban J connectivity index is 1.43. The average Bonchev–Trinajstić information content (AvgIpc) is 3.50. The third kappa shape index (κ3) is 5.30. The summed E-state index contributed by atoms with van der Waals surface area (Å²) in [4.78, 5) is 15.1. The molecule has 0 atom stereocenters. The highest BCUT2D eigenvalue weighted by molar-refractivity contribution is 6.03. The van der Waals surface area contributed by atoms with Gasteiger partial charge < -0.3 is 15.0 Å². The van der Waals surface area contributed by atoms with E-state index in [0.29, 0.717) is 23.9 Å².